The van der Waals surface area contributed by atoms with Gasteiger partial charge in [-0.2, -0.15) is 0 Å². The average Bonchev–Trinajstić information content (AvgIpc) is 2.89. The summed E-state index contributed by atoms with van der Waals surface area (Å²) in [5, 5.41) is 21.1. The van der Waals surface area contributed by atoms with Crippen LogP contribution in [-0.4, -0.2) is 89.2 Å². The molecule has 0 fully saturated rings. The molecule has 17 nitrogen and oxygen atoms in total. The van der Waals surface area contributed by atoms with Gasteiger partial charge in [0.1, 0.15) is 24.2 Å². The van der Waals surface area contributed by atoms with Crippen LogP contribution in [0.4, 0.5) is 0 Å². The van der Waals surface area contributed by atoms with Gasteiger partial charge in [-0.15, -0.1) is 0 Å². The lowest BCUT2D eigenvalue weighted by Crippen LogP contribution is -2.58. The smallest absolute Gasteiger partial charge is 0.326 e. The number of nitrogens with one attached hydrogen (secondary N) is 5. The molecule has 0 aliphatic rings. The van der Waals surface area contributed by atoms with Crippen molar-refractivity contribution >= 4 is 47.3 Å². The summed E-state index contributed by atoms with van der Waals surface area (Å²) in [6.07, 6.45) is -0.164. The summed E-state index contributed by atoms with van der Waals surface area (Å²) in [4.78, 5) is 95.4. The van der Waals surface area contributed by atoms with Crippen LogP contribution in [0.1, 0.15) is 59.8 Å². The van der Waals surface area contributed by atoms with Crippen LogP contribution in [0.25, 0.3) is 0 Å². The van der Waals surface area contributed by atoms with E-state index in [1.807, 2.05) is 0 Å². The summed E-state index contributed by atoms with van der Waals surface area (Å²) in [5.74, 6) is -6.85. The van der Waals surface area contributed by atoms with Crippen LogP contribution in [0, 0.1) is 5.92 Å². The zero-order chi connectivity index (χ0) is 31.9. The highest BCUT2D eigenvalue weighted by Crippen LogP contribution is 2.09. The van der Waals surface area contributed by atoms with Crippen molar-refractivity contribution in [3.63, 3.8) is 0 Å². The fourth-order valence-electron chi connectivity index (χ4n) is 3.28. The molecule has 0 heterocycles. The SMILES string of the molecule is CC[C@H](C)[C@H](NC(=O)[C@H](C)NC(=O)CNC(=O)[C@@H](N)CCC(N)=O)C(=O)N[C@@H](C)C(=O)N[C@@H](CCC(N)=O)C(=O)O. The average molecular weight is 587 g/mol. The van der Waals surface area contributed by atoms with Crippen molar-refractivity contribution in [3.05, 3.63) is 0 Å². The molecule has 0 bridgehead atoms. The molecule has 0 rings (SSSR count). The van der Waals surface area contributed by atoms with E-state index in [0.717, 1.165) is 0 Å². The highest BCUT2D eigenvalue weighted by Gasteiger charge is 2.31. The zero-order valence-corrected chi connectivity index (χ0v) is 23.7. The first-order chi connectivity index (χ1) is 19.0. The van der Waals surface area contributed by atoms with Crippen LogP contribution in [0.2, 0.25) is 0 Å². The van der Waals surface area contributed by atoms with Crippen molar-refractivity contribution in [1.29, 1.82) is 0 Å². The van der Waals surface area contributed by atoms with Gasteiger partial charge in [0.25, 0.3) is 0 Å². The summed E-state index contributed by atoms with van der Waals surface area (Å²) in [6.45, 7) is 5.62. The largest absolute Gasteiger partial charge is 0.480 e. The second kappa shape index (κ2) is 18.1. The number of primary amides is 2. The standard InChI is InChI=1S/C24H42N8O9/c1-5-11(2)19(23(39)30-13(4)20(36)31-15(24(40)41)7-9-17(27)34)32-21(37)12(3)29-18(35)10-28-22(38)14(25)6-8-16(26)33/h11-15,19H,5-10,25H2,1-4H3,(H2,26,33)(H2,27,34)(H,28,38)(H,29,35)(H,30,39)(H,31,36)(H,32,37)(H,40,41)/t11-,12-,13-,14-,15-,19-/m0/s1. The molecule has 6 atom stereocenters. The Bertz CT molecular complexity index is 990. The lowest BCUT2D eigenvalue weighted by Gasteiger charge is -2.27. The molecule has 232 valence electrons. The Balaban J connectivity index is 5.07. The van der Waals surface area contributed by atoms with Crippen LogP contribution in [0.15, 0.2) is 0 Å². The van der Waals surface area contributed by atoms with E-state index in [1.54, 1.807) is 13.8 Å². The second-order valence-corrected chi connectivity index (χ2v) is 9.62. The first kappa shape index (κ1) is 36.7. The molecule has 0 aromatic rings. The molecule has 0 radical (unpaired) electrons. The number of carboxylic acids is 1. The van der Waals surface area contributed by atoms with Crippen LogP contribution in [0.3, 0.4) is 0 Å². The predicted octanol–water partition coefficient (Wildman–Crippen LogP) is -3.93. The Morgan fingerprint density at radius 2 is 1.22 bits per heavy atom. The summed E-state index contributed by atoms with van der Waals surface area (Å²) in [7, 11) is 0. The lowest BCUT2D eigenvalue weighted by molar-refractivity contribution is -0.142. The Morgan fingerprint density at radius 1 is 0.707 bits per heavy atom. The summed E-state index contributed by atoms with van der Waals surface area (Å²) < 4.78 is 0. The molecule has 41 heavy (non-hydrogen) atoms. The Kier molecular flexibility index (Phi) is 16.2. The number of carboxylic acid groups (broad SMARTS) is 1. The van der Waals surface area contributed by atoms with E-state index < -0.39 is 90.0 Å². The van der Waals surface area contributed by atoms with E-state index in [2.05, 4.69) is 26.6 Å². The molecule has 0 spiro atoms. The number of hydrogen-bond acceptors (Lipinski definition) is 9. The molecule has 0 aromatic heterocycles. The summed E-state index contributed by atoms with van der Waals surface area (Å²) >= 11 is 0. The van der Waals surface area contributed by atoms with Crippen LogP contribution in [-0.2, 0) is 38.4 Å². The Labute approximate surface area is 237 Å². The second-order valence-electron chi connectivity index (χ2n) is 9.62. The first-order valence-corrected chi connectivity index (χ1v) is 13.0. The molecule has 0 unspecified atom stereocenters. The fourth-order valence-corrected chi connectivity index (χ4v) is 3.28. The van der Waals surface area contributed by atoms with Gasteiger partial charge in [0.15, 0.2) is 0 Å². The third-order valence-electron chi connectivity index (χ3n) is 6.07. The molecule has 12 N–H and O–H groups in total. The van der Waals surface area contributed by atoms with Crippen LogP contribution in [0.5, 0.6) is 0 Å². The Hall–Kier alpha value is -4.28. The van der Waals surface area contributed by atoms with Crippen molar-refractivity contribution in [2.24, 2.45) is 23.1 Å². The monoisotopic (exact) mass is 586 g/mol. The van der Waals surface area contributed by atoms with Gasteiger partial charge in [-0.25, -0.2) is 4.79 Å². The molecule has 0 aliphatic heterocycles. The van der Waals surface area contributed by atoms with Crippen molar-refractivity contribution < 1.29 is 43.5 Å². The minimum atomic E-state index is -1.40. The zero-order valence-electron chi connectivity index (χ0n) is 23.7. The summed E-state index contributed by atoms with van der Waals surface area (Å²) in [6, 6.07) is -5.89. The van der Waals surface area contributed by atoms with E-state index in [-0.39, 0.29) is 25.7 Å². The van der Waals surface area contributed by atoms with Gasteiger partial charge in [0.05, 0.1) is 12.6 Å². The first-order valence-electron chi connectivity index (χ1n) is 13.0. The van der Waals surface area contributed by atoms with Crippen molar-refractivity contribution in [1.82, 2.24) is 26.6 Å². The number of carbonyl (C=O) groups is 8. The molecule has 0 aromatic carbocycles. The van der Waals surface area contributed by atoms with Gasteiger partial charge in [-0.3, -0.25) is 33.6 Å². The highest BCUT2D eigenvalue weighted by atomic mass is 16.4. The predicted molar refractivity (Wildman–Crippen MR) is 144 cm³/mol. The quantitative estimate of drug-likeness (QED) is 0.0708. The number of rotatable bonds is 19. The third kappa shape index (κ3) is 14.6. The maximum absolute atomic E-state index is 13.0. The van der Waals surface area contributed by atoms with Gasteiger partial charge < -0.3 is 48.9 Å². The highest BCUT2D eigenvalue weighted by molar-refractivity contribution is 5.95. The minimum Gasteiger partial charge on any atom is -0.480 e. The van der Waals surface area contributed by atoms with Crippen LogP contribution >= 0.6 is 0 Å². The molecule has 0 saturated carbocycles. The molecule has 17 heteroatoms. The van der Waals surface area contributed by atoms with Gasteiger partial charge in [0, 0.05) is 12.8 Å². The van der Waals surface area contributed by atoms with E-state index in [9.17, 15) is 43.5 Å². The van der Waals surface area contributed by atoms with E-state index >= 15 is 0 Å². The van der Waals surface area contributed by atoms with Crippen molar-refractivity contribution in [2.45, 2.75) is 90.0 Å². The molecule has 0 aliphatic carbocycles. The number of aliphatic carboxylic acids is 1. The number of amides is 7. The van der Waals surface area contributed by atoms with Crippen molar-refractivity contribution in [3.8, 4) is 0 Å². The van der Waals surface area contributed by atoms with Gasteiger partial charge >= 0.3 is 5.97 Å². The molecule has 0 saturated heterocycles. The fraction of sp³-hybridized carbons (Fsp3) is 0.667. The van der Waals surface area contributed by atoms with Crippen LogP contribution < -0.4 is 43.8 Å². The van der Waals surface area contributed by atoms with Gasteiger partial charge in [-0.1, -0.05) is 20.3 Å². The summed E-state index contributed by atoms with van der Waals surface area (Å²) in [5.41, 5.74) is 15.6. The number of carbonyl (C=O) groups excluding carboxylic acids is 7. The maximum atomic E-state index is 13.0. The van der Waals surface area contributed by atoms with E-state index in [1.165, 1.54) is 13.8 Å². The third-order valence-corrected chi connectivity index (χ3v) is 6.07. The van der Waals surface area contributed by atoms with E-state index in [4.69, 9.17) is 17.2 Å². The van der Waals surface area contributed by atoms with Gasteiger partial charge in [-0.05, 0) is 32.6 Å². The topological polar surface area (TPSA) is 295 Å². The minimum absolute atomic E-state index is 0.00360. The normalized spacial score (nSPS) is 15.0. The molecular formula is C24H42N8O9. The maximum Gasteiger partial charge on any atom is 0.326 e. The number of nitrogens with two attached hydrogens (primary N) is 3. The van der Waals surface area contributed by atoms with Gasteiger partial charge in [0.2, 0.25) is 41.4 Å². The Morgan fingerprint density at radius 3 is 1.73 bits per heavy atom. The molecule has 7 amide bonds. The van der Waals surface area contributed by atoms with Crippen molar-refractivity contribution in [2.75, 3.05) is 6.54 Å². The lowest BCUT2D eigenvalue weighted by atomic mass is 9.97. The number of hydrogen-bond donors (Lipinski definition) is 9. The van der Waals surface area contributed by atoms with E-state index in [0.29, 0.717) is 6.42 Å². The molecular weight excluding hydrogens is 544 g/mol.